The summed E-state index contributed by atoms with van der Waals surface area (Å²) in [6.45, 7) is 0.192. The molecule has 4 N–H and O–H groups in total. The van der Waals surface area contributed by atoms with Crippen LogP contribution < -0.4 is 15.4 Å². The summed E-state index contributed by atoms with van der Waals surface area (Å²) in [6.07, 6.45) is 2.93. The maximum absolute atomic E-state index is 14.3. The summed E-state index contributed by atoms with van der Waals surface area (Å²) in [5, 5.41) is 16.5. The fraction of sp³-hybridized carbons (Fsp3) is 0.214. The molecule has 1 aliphatic heterocycles. The van der Waals surface area contributed by atoms with E-state index in [4.69, 9.17) is 4.74 Å². The molecule has 0 fully saturated rings. The molecule has 36 heavy (non-hydrogen) atoms. The summed E-state index contributed by atoms with van der Waals surface area (Å²) < 4.78 is 20.1. The number of fused-ring (bicyclic) bond motifs is 2. The number of carbonyl (C=O) groups is 2. The molecule has 7 nitrogen and oxygen atoms in total. The third kappa shape index (κ3) is 4.55. The first kappa shape index (κ1) is 23.6. The van der Waals surface area contributed by atoms with E-state index in [0.29, 0.717) is 41.9 Å². The second-order valence-corrected chi connectivity index (χ2v) is 8.83. The SMILES string of the molecule is CNC(=O)c1cc(F)cc(-c2cc3c(c(C(=O)N[C@@H](CO)Cc4c[nH]c5ccccc45)c2)OCC3)c1. The van der Waals surface area contributed by atoms with Crippen molar-refractivity contribution in [3.63, 3.8) is 0 Å². The van der Waals surface area contributed by atoms with Crippen LogP contribution in [0, 0.1) is 5.82 Å². The minimum atomic E-state index is -0.548. The average Bonchev–Trinajstić information content (AvgIpc) is 3.54. The molecule has 0 saturated carbocycles. The molecule has 1 atom stereocenters. The zero-order valence-corrected chi connectivity index (χ0v) is 19.7. The number of aliphatic hydroxyl groups excluding tert-OH is 1. The van der Waals surface area contributed by atoms with Gasteiger partial charge in [-0.25, -0.2) is 4.39 Å². The Morgan fingerprint density at radius 2 is 1.92 bits per heavy atom. The number of carbonyl (C=O) groups excluding carboxylic acids is 2. The molecule has 5 rings (SSSR count). The van der Waals surface area contributed by atoms with Gasteiger partial charge in [0.2, 0.25) is 0 Å². The Labute approximate surface area is 207 Å². The lowest BCUT2D eigenvalue weighted by molar-refractivity contribution is 0.0912. The minimum absolute atomic E-state index is 0.189. The van der Waals surface area contributed by atoms with E-state index in [1.165, 1.54) is 19.2 Å². The predicted molar refractivity (Wildman–Crippen MR) is 135 cm³/mol. The Hall–Kier alpha value is -4.17. The zero-order valence-electron chi connectivity index (χ0n) is 19.7. The van der Waals surface area contributed by atoms with E-state index in [2.05, 4.69) is 15.6 Å². The lowest BCUT2D eigenvalue weighted by atomic mass is 9.96. The van der Waals surface area contributed by atoms with Gasteiger partial charge in [0.25, 0.3) is 11.8 Å². The van der Waals surface area contributed by atoms with Gasteiger partial charge in [0.05, 0.1) is 24.8 Å². The summed E-state index contributed by atoms with van der Waals surface area (Å²) in [7, 11) is 1.48. The van der Waals surface area contributed by atoms with E-state index in [1.807, 2.05) is 36.5 Å². The van der Waals surface area contributed by atoms with E-state index >= 15 is 0 Å². The molecule has 184 valence electrons. The number of amides is 2. The number of halogens is 1. The molecule has 0 aliphatic carbocycles. The van der Waals surface area contributed by atoms with Crippen molar-refractivity contribution in [2.45, 2.75) is 18.9 Å². The van der Waals surface area contributed by atoms with E-state index < -0.39 is 23.7 Å². The molecule has 0 unspecified atom stereocenters. The van der Waals surface area contributed by atoms with Crippen LogP contribution in [0.15, 0.2) is 60.8 Å². The van der Waals surface area contributed by atoms with Crippen molar-refractivity contribution in [3.8, 4) is 16.9 Å². The Balaban J connectivity index is 1.45. The van der Waals surface area contributed by atoms with Gasteiger partial charge >= 0.3 is 0 Å². The zero-order chi connectivity index (χ0) is 25.2. The molecule has 1 aliphatic rings. The maximum atomic E-state index is 14.3. The highest BCUT2D eigenvalue weighted by Gasteiger charge is 2.25. The second-order valence-electron chi connectivity index (χ2n) is 8.83. The number of ether oxygens (including phenoxy) is 1. The van der Waals surface area contributed by atoms with Gasteiger partial charge in [-0.05, 0) is 65.1 Å². The first-order valence-corrected chi connectivity index (χ1v) is 11.8. The standard InChI is InChI=1S/C28H26FN3O4/c1-30-27(34)19-9-17(10-21(29)11-19)18-8-16-6-7-36-26(16)24(13-18)28(35)32-22(15-33)12-20-14-31-25-5-3-2-4-23(20)25/h2-5,8-11,13-14,22,31,33H,6-7,12,15H2,1H3,(H,30,34)(H,32,35)/t22-/m1/s1. The van der Waals surface area contributed by atoms with Gasteiger partial charge in [-0.3, -0.25) is 9.59 Å². The van der Waals surface area contributed by atoms with Gasteiger partial charge < -0.3 is 25.5 Å². The number of para-hydroxylation sites is 1. The van der Waals surface area contributed by atoms with Crippen LogP contribution in [0.2, 0.25) is 0 Å². The first-order valence-electron chi connectivity index (χ1n) is 11.8. The number of aliphatic hydroxyl groups is 1. The Morgan fingerprint density at radius 3 is 2.72 bits per heavy atom. The molecule has 0 radical (unpaired) electrons. The largest absolute Gasteiger partial charge is 0.492 e. The molecule has 0 saturated heterocycles. The maximum Gasteiger partial charge on any atom is 0.255 e. The molecule has 2 amide bonds. The van der Waals surface area contributed by atoms with Crippen molar-refractivity contribution in [2.24, 2.45) is 0 Å². The van der Waals surface area contributed by atoms with E-state index in [-0.39, 0.29) is 12.2 Å². The predicted octanol–water partition coefficient (Wildman–Crippen LogP) is 3.60. The molecule has 2 heterocycles. The van der Waals surface area contributed by atoms with E-state index in [1.54, 1.807) is 12.1 Å². The van der Waals surface area contributed by atoms with Crippen molar-refractivity contribution < 1.29 is 23.8 Å². The second kappa shape index (κ2) is 9.83. The molecule has 4 aromatic rings. The summed E-state index contributed by atoms with van der Waals surface area (Å²) in [5.74, 6) is -0.853. The quantitative estimate of drug-likeness (QED) is 0.320. The average molecular weight is 488 g/mol. The monoisotopic (exact) mass is 487 g/mol. The number of nitrogens with one attached hydrogen (secondary N) is 3. The number of benzene rings is 3. The molecule has 1 aromatic heterocycles. The van der Waals surface area contributed by atoms with Crippen LogP contribution in [0.5, 0.6) is 5.75 Å². The molecule has 8 heteroatoms. The minimum Gasteiger partial charge on any atom is -0.492 e. The smallest absolute Gasteiger partial charge is 0.255 e. The van der Waals surface area contributed by atoms with Crippen LogP contribution in [0.1, 0.15) is 31.8 Å². The topological polar surface area (TPSA) is 103 Å². The molecular weight excluding hydrogens is 461 g/mol. The lowest BCUT2D eigenvalue weighted by Crippen LogP contribution is -2.39. The van der Waals surface area contributed by atoms with Crippen LogP contribution in [0.4, 0.5) is 4.39 Å². The van der Waals surface area contributed by atoms with Gasteiger partial charge in [0, 0.05) is 36.1 Å². The first-order chi connectivity index (χ1) is 17.5. The van der Waals surface area contributed by atoms with Crippen LogP contribution in [0.25, 0.3) is 22.0 Å². The Bertz CT molecular complexity index is 1460. The van der Waals surface area contributed by atoms with Crippen molar-refractivity contribution in [1.82, 2.24) is 15.6 Å². The highest BCUT2D eigenvalue weighted by molar-refractivity contribution is 6.00. The summed E-state index contributed by atoms with van der Waals surface area (Å²) in [4.78, 5) is 28.7. The summed E-state index contributed by atoms with van der Waals surface area (Å²) in [5.41, 5.74) is 4.39. The Morgan fingerprint density at radius 1 is 1.11 bits per heavy atom. The number of hydrogen-bond donors (Lipinski definition) is 4. The van der Waals surface area contributed by atoms with Gasteiger partial charge in [0.1, 0.15) is 11.6 Å². The third-order valence-electron chi connectivity index (χ3n) is 6.45. The van der Waals surface area contributed by atoms with E-state index in [0.717, 1.165) is 22.0 Å². The lowest BCUT2D eigenvalue weighted by Gasteiger charge is -2.18. The number of rotatable bonds is 7. The fourth-order valence-electron chi connectivity index (χ4n) is 4.67. The summed E-state index contributed by atoms with van der Waals surface area (Å²) >= 11 is 0. The molecular formula is C28H26FN3O4. The van der Waals surface area contributed by atoms with Gasteiger partial charge in [-0.2, -0.15) is 0 Å². The van der Waals surface area contributed by atoms with Gasteiger partial charge in [0.15, 0.2) is 0 Å². The molecule has 3 aromatic carbocycles. The van der Waals surface area contributed by atoms with Gasteiger partial charge in [-0.1, -0.05) is 18.2 Å². The highest BCUT2D eigenvalue weighted by atomic mass is 19.1. The fourth-order valence-corrected chi connectivity index (χ4v) is 4.67. The molecule has 0 bridgehead atoms. The van der Waals surface area contributed by atoms with E-state index in [9.17, 15) is 19.1 Å². The van der Waals surface area contributed by atoms with Crippen molar-refractivity contribution in [1.29, 1.82) is 0 Å². The van der Waals surface area contributed by atoms with Crippen molar-refractivity contribution in [3.05, 3.63) is 88.9 Å². The normalized spacial score (nSPS) is 13.2. The number of H-pyrrole nitrogens is 1. The Kier molecular flexibility index (Phi) is 6.43. The van der Waals surface area contributed by atoms with Crippen LogP contribution in [0.3, 0.4) is 0 Å². The number of hydrogen-bond acceptors (Lipinski definition) is 4. The van der Waals surface area contributed by atoms with Crippen molar-refractivity contribution >= 4 is 22.7 Å². The van der Waals surface area contributed by atoms with Crippen molar-refractivity contribution in [2.75, 3.05) is 20.3 Å². The highest BCUT2D eigenvalue weighted by Crippen LogP contribution is 2.35. The number of aromatic amines is 1. The molecule has 0 spiro atoms. The summed E-state index contributed by atoms with van der Waals surface area (Å²) in [6, 6.07) is 14.9. The van der Waals surface area contributed by atoms with Crippen LogP contribution in [-0.4, -0.2) is 48.2 Å². The van der Waals surface area contributed by atoms with Crippen LogP contribution >= 0.6 is 0 Å². The van der Waals surface area contributed by atoms with Gasteiger partial charge in [-0.15, -0.1) is 0 Å². The van der Waals surface area contributed by atoms with Crippen LogP contribution in [-0.2, 0) is 12.8 Å². The number of aromatic nitrogens is 1. The third-order valence-corrected chi connectivity index (χ3v) is 6.45.